The average Bonchev–Trinajstić information content (AvgIpc) is 2.70. The van der Waals surface area contributed by atoms with Gasteiger partial charge < -0.3 is 4.74 Å². The molecule has 2 nitrogen and oxygen atoms in total. The fourth-order valence-corrected chi connectivity index (χ4v) is 3.24. The van der Waals surface area contributed by atoms with Crippen molar-refractivity contribution in [3.05, 3.63) is 83.4 Å². The van der Waals surface area contributed by atoms with E-state index < -0.39 is 0 Å². The van der Waals surface area contributed by atoms with E-state index in [2.05, 4.69) is 38.1 Å². The van der Waals surface area contributed by atoms with Crippen molar-refractivity contribution in [1.82, 2.24) is 0 Å². The van der Waals surface area contributed by atoms with Gasteiger partial charge in [-0.2, -0.15) is 0 Å². The molecule has 2 heteroatoms. The number of benzene rings is 3. The highest BCUT2D eigenvalue weighted by Gasteiger charge is 2.09. The van der Waals surface area contributed by atoms with Crippen molar-refractivity contribution < 1.29 is 9.53 Å². The Morgan fingerprint density at radius 1 is 0.926 bits per heavy atom. The molecule has 0 amide bonds. The Balaban J connectivity index is 1.88. The predicted octanol–water partition coefficient (Wildman–Crippen LogP) is 7.17. The molecule has 0 aliphatic rings. The zero-order valence-corrected chi connectivity index (χ0v) is 16.2. The van der Waals surface area contributed by atoms with Gasteiger partial charge in [-0.3, -0.25) is 4.79 Å². The van der Waals surface area contributed by atoms with Crippen LogP contribution < -0.4 is 4.74 Å². The lowest BCUT2D eigenvalue weighted by Crippen LogP contribution is -1.93. The molecule has 0 aliphatic carbocycles. The van der Waals surface area contributed by atoms with E-state index >= 15 is 0 Å². The van der Waals surface area contributed by atoms with Gasteiger partial charge in [0.2, 0.25) is 0 Å². The highest BCUT2D eigenvalue weighted by Crippen LogP contribution is 2.31. The van der Waals surface area contributed by atoms with Crippen LogP contribution in [-0.4, -0.2) is 6.29 Å². The van der Waals surface area contributed by atoms with Crippen molar-refractivity contribution >= 4 is 6.29 Å². The van der Waals surface area contributed by atoms with Gasteiger partial charge in [0.15, 0.2) is 6.29 Å². The van der Waals surface area contributed by atoms with Crippen molar-refractivity contribution in [2.24, 2.45) is 0 Å². The zero-order chi connectivity index (χ0) is 19.2. The Hall–Kier alpha value is -2.87. The summed E-state index contributed by atoms with van der Waals surface area (Å²) in [5.41, 5.74) is 5.24. The van der Waals surface area contributed by atoms with E-state index in [4.69, 9.17) is 4.74 Å². The molecule has 0 radical (unpaired) electrons. The minimum absolute atomic E-state index is 0.549. The molecule has 0 aromatic heterocycles. The molecule has 1 atom stereocenters. The van der Waals surface area contributed by atoms with E-state index in [0.29, 0.717) is 17.2 Å². The second-order valence-electron chi connectivity index (χ2n) is 7.10. The third kappa shape index (κ3) is 4.65. The fourth-order valence-electron chi connectivity index (χ4n) is 3.24. The Bertz CT molecular complexity index is 893. The monoisotopic (exact) mass is 358 g/mol. The van der Waals surface area contributed by atoms with Crippen LogP contribution in [0.25, 0.3) is 11.1 Å². The number of carbonyl (C=O) groups excluding carboxylic acids is 1. The molecular weight excluding hydrogens is 332 g/mol. The first kappa shape index (κ1) is 18.9. The van der Waals surface area contributed by atoms with Crippen LogP contribution in [0.3, 0.4) is 0 Å². The van der Waals surface area contributed by atoms with E-state index in [1.54, 1.807) is 0 Å². The molecular formula is C25H26O2. The summed E-state index contributed by atoms with van der Waals surface area (Å²) in [6.07, 6.45) is 3.22. The number of ether oxygens (including phenoxy) is 1. The van der Waals surface area contributed by atoms with Gasteiger partial charge in [-0.05, 0) is 60.2 Å². The zero-order valence-electron chi connectivity index (χ0n) is 16.2. The maximum atomic E-state index is 11.4. The first-order chi connectivity index (χ1) is 13.1. The maximum absolute atomic E-state index is 11.4. The molecule has 27 heavy (non-hydrogen) atoms. The Morgan fingerprint density at radius 3 is 2.22 bits per heavy atom. The molecule has 0 spiro atoms. The van der Waals surface area contributed by atoms with E-state index in [9.17, 15) is 4.79 Å². The summed E-state index contributed by atoms with van der Waals surface area (Å²) < 4.78 is 5.98. The molecule has 0 aliphatic heterocycles. The second kappa shape index (κ2) is 8.68. The number of carbonyl (C=O) groups is 1. The van der Waals surface area contributed by atoms with Gasteiger partial charge in [0.25, 0.3) is 0 Å². The minimum atomic E-state index is 0.549. The molecule has 0 heterocycles. The summed E-state index contributed by atoms with van der Waals surface area (Å²) >= 11 is 0. The maximum Gasteiger partial charge on any atom is 0.153 e. The van der Waals surface area contributed by atoms with Crippen LogP contribution in [0.5, 0.6) is 11.5 Å². The SMILES string of the molecule is CCCC(C)c1ccc(-c2ccc(C=O)c(Oc3ccc(C)cc3)c2)cc1. The van der Waals surface area contributed by atoms with Crippen LogP contribution in [-0.2, 0) is 0 Å². The van der Waals surface area contributed by atoms with Crippen molar-refractivity contribution in [2.75, 3.05) is 0 Å². The first-order valence-corrected chi connectivity index (χ1v) is 9.54. The summed E-state index contributed by atoms with van der Waals surface area (Å²) in [7, 11) is 0. The largest absolute Gasteiger partial charge is 0.457 e. The van der Waals surface area contributed by atoms with Crippen molar-refractivity contribution in [2.45, 2.75) is 39.5 Å². The summed E-state index contributed by atoms with van der Waals surface area (Å²) in [5, 5.41) is 0. The van der Waals surface area contributed by atoms with Gasteiger partial charge >= 0.3 is 0 Å². The van der Waals surface area contributed by atoms with E-state index in [1.807, 2.05) is 49.4 Å². The third-order valence-electron chi connectivity index (χ3n) is 4.92. The normalized spacial score (nSPS) is 11.8. The lowest BCUT2D eigenvalue weighted by Gasteiger charge is -2.13. The molecule has 3 aromatic rings. The van der Waals surface area contributed by atoms with Crippen LogP contribution >= 0.6 is 0 Å². The molecule has 3 aromatic carbocycles. The topological polar surface area (TPSA) is 26.3 Å². The molecule has 0 bridgehead atoms. The highest BCUT2D eigenvalue weighted by molar-refractivity contribution is 5.82. The summed E-state index contributed by atoms with van der Waals surface area (Å²) in [6.45, 7) is 6.52. The summed E-state index contributed by atoms with van der Waals surface area (Å²) in [5.74, 6) is 1.88. The predicted molar refractivity (Wildman–Crippen MR) is 112 cm³/mol. The average molecular weight is 358 g/mol. The Morgan fingerprint density at radius 2 is 1.59 bits per heavy atom. The standard InChI is InChI=1S/C25H26O2/c1-4-5-19(3)20-8-10-21(11-9-20)22-12-13-23(17-26)25(16-22)27-24-14-6-18(2)7-15-24/h6-17,19H,4-5H2,1-3H3. The second-order valence-corrected chi connectivity index (χ2v) is 7.10. The van der Waals surface area contributed by atoms with Gasteiger partial charge in [-0.1, -0.05) is 68.3 Å². The van der Waals surface area contributed by atoms with E-state index in [1.165, 1.54) is 24.0 Å². The molecule has 0 saturated carbocycles. The summed E-state index contributed by atoms with van der Waals surface area (Å²) in [4.78, 5) is 11.4. The van der Waals surface area contributed by atoms with Crippen LogP contribution in [0.4, 0.5) is 0 Å². The quantitative estimate of drug-likeness (QED) is 0.418. The van der Waals surface area contributed by atoms with Gasteiger partial charge in [-0.25, -0.2) is 0 Å². The number of hydrogen-bond donors (Lipinski definition) is 0. The van der Waals surface area contributed by atoms with E-state index in [-0.39, 0.29) is 0 Å². The number of aldehydes is 1. The van der Waals surface area contributed by atoms with Crippen molar-refractivity contribution in [3.8, 4) is 22.6 Å². The lowest BCUT2D eigenvalue weighted by molar-refractivity contribution is 0.112. The molecule has 138 valence electrons. The van der Waals surface area contributed by atoms with Crippen LogP contribution in [0.2, 0.25) is 0 Å². The summed E-state index contributed by atoms with van der Waals surface area (Å²) in [6, 6.07) is 22.2. The van der Waals surface area contributed by atoms with Crippen molar-refractivity contribution in [3.63, 3.8) is 0 Å². The van der Waals surface area contributed by atoms with Crippen molar-refractivity contribution in [1.29, 1.82) is 0 Å². The first-order valence-electron chi connectivity index (χ1n) is 9.54. The fraction of sp³-hybridized carbons (Fsp3) is 0.240. The molecule has 1 unspecified atom stereocenters. The van der Waals surface area contributed by atoms with Gasteiger partial charge in [-0.15, -0.1) is 0 Å². The molecule has 3 rings (SSSR count). The highest BCUT2D eigenvalue weighted by atomic mass is 16.5. The number of rotatable bonds is 7. The minimum Gasteiger partial charge on any atom is -0.457 e. The molecule has 0 N–H and O–H groups in total. The van der Waals surface area contributed by atoms with Crippen LogP contribution in [0.15, 0.2) is 66.7 Å². The molecule has 0 saturated heterocycles. The Kier molecular flexibility index (Phi) is 6.08. The smallest absolute Gasteiger partial charge is 0.153 e. The van der Waals surface area contributed by atoms with Gasteiger partial charge in [0.1, 0.15) is 11.5 Å². The van der Waals surface area contributed by atoms with Gasteiger partial charge in [0, 0.05) is 0 Å². The van der Waals surface area contributed by atoms with E-state index in [0.717, 1.165) is 23.2 Å². The number of hydrogen-bond acceptors (Lipinski definition) is 2. The Labute approximate surface area is 161 Å². The lowest BCUT2D eigenvalue weighted by atomic mass is 9.94. The number of aryl methyl sites for hydroxylation is 1. The van der Waals surface area contributed by atoms with Crippen LogP contribution in [0.1, 0.15) is 54.1 Å². The van der Waals surface area contributed by atoms with Gasteiger partial charge in [0.05, 0.1) is 5.56 Å². The van der Waals surface area contributed by atoms with Crippen LogP contribution in [0, 0.1) is 6.92 Å². The molecule has 0 fully saturated rings. The third-order valence-corrected chi connectivity index (χ3v) is 4.92.